The zero-order valence-corrected chi connectivity index (χ0v) is 11.1. The number of anilines is 2. The fraction of sp³-hybridized carbons (Fsp3) is 0.500. The summed E-state index contributed by atoms with van der Waals surface area (Å²) in [6.07, 6.45) is 0. The number of ether oxygens (including phenoxy) is 1. The lowest BCUT2D eigenvalue weighted by Crippen LogP contribution is -2.35. The second-order valence-electron chi connectivity index (χ2n) is 3.71. The average molecular weight is 252 g/mol. The van der Waals surface area contributed by atoms with Crippen molar-refractivity contribution >= 4 is 17.4 Å². The van der Waals surface area contributed by atoms with Gasteiger partial charge in [-0.1, -0.05) is 0 Å². The average Bonchev–Trinajstić information content (AvgIpc) is 2.39. The Bertz CT molecular complexity index is 405. The smallest absolute Gasteiger partial charge is 0.241 e. The lowest BCUT2D eigenvalue weighted by Gasteiger charge is -2.19. The molecule has 6 heteroatoms. The number of amides is 1. The summed E-state index contributed by atoms with van der Waals surface area (Å²) < 4.78 is 5.00. The van der Waals surface area contributed by atoms with E-state index in [1.165, 1.54) is 7.11 Å². The molecule has 3 N–H and O–H groups in total. The zero-order valence-electron chi connectivity index (χ0n) is 11.1. The number of rotatable bonds is 6. The molecular weight excluding hydrogens is 232 g/mol. The summed E-state index contributed by atoms with van der Waals surface area (Å²) in [5.41, 5.74) is 6.26. The van der Waals surface area contributed by atoms with E-state index in [1.54, 1.807) is 17.0 Å². The standard InChI is InChI=1S/C12H20N4O2/c1-4-16(5-2)11(17)8-14-12-9(13)6-7-10(15-12)18-3/h6-7H,4-5,8,13H2,1-3H3,(H,14,15). The number of nitrogens with two attached hydrogens (primary N) is 1. The van der Waals surface area contributed by atoms with Gasteiger partial charge >= 0.3 is 0 Å². The van der Waals surface area contributed by atoms with Crippen molar-refractivity contribution in [2.75, 3.05) is 37.8 Å². The molecule has 18 heavy (non-hydrogen) atoms. The zero-order chi connectivity index (χ0) is 13.5. The molecule has 1 aromatic rings. The van der Waals surface area contributed by atoms with Gasteiger partial charge < -0.3 is 20.7 Å². The maximum atomic E-state index is 11.8. The van der Waals surface area contributed by atoms with Crippen LogP contribution in [0.4, 0.5) is 11.5 Å². The molecule has 0 unspecified atom stereocenters. The molecule has 0 spiro atoms. The number of aromatic nitrogens is 1. The van der Waals surface area contributed by atoms with Gasteiger partial charge in [-0.25, -0.2) is 0 Å². The minimum atomic E-state index is 0.0176. The first kappa shape index (κ1) is 14.1. The molecule has 0 aromatic carbocycles. The summed E-state index contributed by atoms with van der Waals surface area (Å²) in [4.78, 5) is 17.7. The first-order valence-electron chi connectivity index (χ1n) is 5.94. The van der Waals surface area contributed by atoms with Crippen molar-refractivity contribution in [3.63, 3.8) is 0 Å². The van der Waals surface area contributed by atoms with Crippen LogP contribution in [0.5, 0.6) is 5.88 Å². The minimum Gasteiger partial charge on any atom is -0.481 e. The van der Waals surface area contributed by atoms with Gasteiger partial charge in [0, 0.05) is 19.2 Å². The summed E-state index contributed by atoms with van der Waals surface area (Å²) in [5, 5.41) is 2.93. The Morgan fingerprint density at radius 2 is 2.11 bits per heavy atom. The largest absolute Gasteiger partial charge is 0.481 e. The van der Waals surface area contributed by atoms with Gasteiger partial charge in [-0.15, -0.1) is 0 Å². The molecule has 0 saturated carbocycles. The van der Waals surface area contributed by atoms with Gasteiger partial charge in [0.15, 0.2) is 5.82 Å². The van der Waals surface area contributed by atoms with Crippen molar-refractivity contribution in [2.45, 2.75) is 13.8 Å². The van der Waals surface area contributed by atoms with Crippen LogP contribution < -0.4 is 15.8 Å². The number of hydrogen-bond donors (Lipinski definition) is 2. The Morgan fingerprint density at radius 1 is 1.44 bits per heavy atom. The molecule has 6 nitrogen and oxygen atoms in total. The molecule has 1 heterocycles. The fourth-order valence-corrected chi connectivity index (χ4v) is 1.55. The van der Waals surface area contributed by atoms with Gasteiger partial charge in [-0.3, -0.25) is 4.79 Å². The fourth-order valence-electron chi connectivity index (χ4n) is 1.55. The van der Waals surface area contributed by atoms with Crippen LogP contribution in [0.15, 0.2) is 12.1 Å². The molecule has 0 bridgehead atoms. The number of likely N-dealkylation sites (N-methyl/N-ethyl adjacent to an activating group) is 1. The molecule has 0 fully saturated rings. The van der Waals surface area contributed by atoms with Crippen molar-refractivity contribution < 1.29 is 9.53 Å². The number of hydrogen-bond acceptors (Lipinski definition) is 5. The maximum Gasteiger partial charge on any atom is 0.241 e. The van der Waals surface area contributed by atoms with E-state index in [-0.39, 0.29) is 12.5 Å². The summed E-state index contributed by atoms with van der Waals surface area (Å²) in [7, 11) is 1.53. The highest BCUT2D eigenvalue weighted by molar-refractivity contribution is 5.81. The number of pyridine rings is 1. The Morgan fingerprint density at radius 3 is 2.67 bits per heavy atom. The van der Waals surface area contributed by atoms with Crippen molar-refractivity contribution in [1.82, 2.24) is 9.88 Å². The number of carbonyl (C=O) groups excluding carboxylic acids is 1. The second kappa shape index (κ2) is 6.68. The molecule has 0 radical (unpaired) electrons. The van der Waals surface area contributed by atoms with E-state index in [9.17, 15) is 4.79 Å². The Kier molecular flexibility index (Phi) is 5.23. The van der Waals surface area contributed by atoms with Gasteiger partial charge in [0.25, 0.3) is 0 Å². The topological polar surface area (TPSA) is 80.5 Å². The van der Waals surface area contributed by atoms with E-state index < -0.39 is 0 Å². The van der Waals surface area contributed by atoms with E-state index >= 15 is 0 Å². The Balaban J connectivity index is 2.65. The molecule has 1 rings (SSSR count). The maximum absolute atomic E-state index is 11.8. The quantitative estimate of drug-likeness (QED) is 0.788. The van der Waals surface area contributed by atoms with Crippen LogP contribution in [-0.2, 0) is 4.79 Å². The van der Waals surface area contributed by atoms with Gasteiger partial charge in [0.05, 0.1) is 19.3 Å². The number of carbonyl (C=O) groups is 1. The van der Waals surface area contributed by atoms with Crippen LogP contribution in [0.2, 0.25) is 0 Å². The number of nitrogens with zero attached hydrogens (tertiary/aromatic N) is 2. The van der Waals surface area contributed by atoms with Crippen LogP contribution in [-0.4, -0.2) is 42.5 Å². The SMILES string of the molecule is CCN(CC)C(=O)CNc1nc(OC)ccc1N. The van der Waals surface area contributed by atoms with E-state index in [0.717, 1.165) is 0 Å². The highest BCUT2D eigenvalue weighted by Gasteiger charge is 2.10. The third-order valence-corrected chi connectivity index (χ3v) is 2.63. The van der Waals surface area contributed by atoms with Gasteiger partial charge in [0.2, 0.25) is 11.8 Å². The Labute approximate surface area is 107 Å². The van der Waals surface area contributed by atoms with Crippen molar-refractivity contribution in [2.24, 2.45) is 0 Å². The molecule has 1 aromatic heterocycles. The first-order valence-corrected chi connectivity index (χ1v) is 5.94. The molecule has 1 amide bonds. The van der Waals surface area contributed by atoms with E-state index in [2.05, 4.69) is 10.3 Å². The number of methoxy groups -OCH3 is 1. The van der Waals surface area contributed by atoms with Crippen LogP contribution in [0, 0.1) is 0 Å². The minimum absolute atomic E-state index is 0.0176. The van der Waals surface area contributed by atoms with Crippen LogP contribution in [0.3, 0.4) is 0 Å². The van der Waals surface area contributed by atoms with Gasteiger partial charge in [-0.2, -0.15) is 4.98 Å². The number of nitrogen functional groups attached to an aromatic ring is 1. The Hall–Kier alpha value is -1.98. The van der Waals surface area contributed by atoms with Gasteiger partial charge in [-0.05, 0) is 19.9 Å². The molecule has 0 aliphatic rings. The highest BCUT2D eigenvalue weighted by atomic mass is 16.5. The third kappa shape index (κ3) is 3.51. The lowest BCUT2D eigenvalue weighted by molar-refractivity contribution is -0.128. The number of nitrogens with one attached hydrogen (secondary N) is 1. The van der Waals surface area contributed by atoms with Crippen molar-refractivity contribution in [1.29, 1.82) is 0 Å². The molecule has 100 valence electrons. The third-order valence-electron chi connectivity index (χ3n) is 2.63. The lowest BCUT2D eigenvalue weighted by atomic mass is 10.3. The van der Waals surface area contributed by atoms with E-state index in [1.807, 2.05) is 13.8 Å². The molecular formula is C12H20N4O2. The summed E-state index contributed by atoms with van der Waals surface area (Å²) in [6.45, 7) is 5.45. The monoisotopic (exact) mass is 252 g/mol. The van der Waals surface area contributed by atoms with E-state index in [0.29, 0.717) is 30.5 Å². The molecule has 0 saturated heterocycles. The second-order valence-corrected chi connectivity index (χ2v) is 3.71. The predicted molar refractivity (Wildman–Crippen MR) is 71.6 cm³/mol. The van der Waals surface area contributed by atoms with Crippen LogP contribution in [0.1, 0.15) is 13.8 Å². The molecule has 0 aliphatic heterocycles. The summed E-state index contributed by atoms with van der Waals surface area (Å²) in [5.74, 6) is 0.945. The molecule has 0 atom stereocenters. The summed E-state index contributed by atoms with van der Waals surface area (Å²) in [6, 6.07) is 3.36. The van der Waals surface area contributed by atoms with E-state index in [4.69, 9.17) is 10.5 Å². The highest BCUT2D eigenvalue weighted by Crippen LogP contribution is 2.19. The summed E-state index contributed by atoms with van der Waals surface area (Å²) >= 11 is 0. The van der Waals surface area contributed by atoms with Crippen LogP contribution >= 0.6 is 0 Å². The molecule has 0 aliphatic carbocycles. The van der Waals surface area contributed by atoms with Crippen LogP contribution in [0.25, 0.3) is 0 Å². The first-order chi connectivity index (χ1) is 8.62. The van der Waals surface area contributed by atoms with Crippen molar-refractivity contribution in [3.05, 3.63) is 12.1 Å². The van der Waals surface area contributed by atoms with Gasteiger partial charge in [0.1, 0.15) is 0 Å². The normalized spacial score (nSPS) is 9.94. The van der Waals surface area contributed by atoms with Crippen molar-refractivity contribution in [3.8, 4) is 5.88 Å². The predicted octanol–water partition coefficient (Wildman–Crippen LogP) is 0.953.